The zero-order valence-corrected chi connectivity index (χ0v) is 12.3. The molecule has 0 saturated carbocycles. The summed E-state index contributed by atoms with van der Waals surface area (Å²) >= 11 is 5.76. The minimum absolute atomic E-state index is 0.127. The van der Waals surface area contributed by atoms with Gasteiger partial charge < -0.3 is 15.0 Å². The van der Waals surface area contributed by atoms with Crippen molar-refractivity contribution in [1.82, 2.24) is 15.2 Å². The molecule has 108 valence electrons. The number of hydrogen-bond donors (Lipinski definition) is 1. The average Bonchev–Trinajstić information content (AvgIpc) is 2.89. The normalized spacial score (nSPS) is 19.0. The van der Waals surface area contributed by atoms with Crippen LogP contribution in [0, 0.1) is 0 Å². The summed E-state index contributed by atoms with van der Waals surface area (Å²) in [6, 6.07) is 5.66. The molecule has 1 saturated heterocycles. The van der Waals surface area contributed by atoms with Crippen LogP contribution < -0.4 is 10.1 Å². The maximum atomic E-state index is 5.85. The molecule has 0 amide bonds. The summed E-state index contributed by atoms with van der Waals surface area (Å²) in [7, 11) is 1.76. The maximum Gasteiger partial charge on any atom is 0.213 e. The van der Waals surface area contributed by atoms with Crippen LogP contribution >= 0.6 is 11.6 Å². The monoisotopic (exact) mass is 294 g/mol. The predicted octanol–water partition coefficient (Wildman–Crippen LogP) is 1.86. The van der Waals surface area contributed by atoms with Gasteiger partial charge in [0.25, 0.3) is 0 Å². The molecular formula is C14H19ClN4O. The van der Waals surface area contributed by atoms with Gasteiger partial charge in [-0.1, -0.05) is 24.2 Å². The Hall–Kier alpha value is -1.75. The Morgan fingerprint density at radius 2 is 2.50 bits per heavy atom. The van der Waals surface area contributed by atoms with Gasteiger partial charge in [-0.2, -0.15) is 0 Å². The number of aliphatic imine (C=N–C) groups is 1. The van der Waals surface area contributed by atoms with Crippen molar-refractivity contribution in [2.75, 3.05) is 26.7 Å². The molecule has 0 aliphatic carbocycles. The van der Waals surface area contributed by atoms with Crippen molar-refractivity contribution in [3.63, 3.8) is 0 Å². The Morgan fingerprint density at radius 3 is 3.15 bits per heavy atom. The van der Waals surface area contributed by atoms with Gasteiger partial charge in [-0.25, -0.2) is 4.98 Å². The van der Waals surface area contributed by atoms with Crippen molar-refractivity contribution in [1.29, 1.82) is 0 Å². The predicted molar refractivity (Wildman–Crippen MR) is 81.2 cm³/mol. The van der Waals surface area contributed by atoms with Gasteiger partial charge in [0.05, 0.1) is 13.1 Å². The Bertz CT molecular complexity index is 477. The van der Waals surface area contributed by atoms with Crippen molar-refractivity contribution in [2.24, 2.45) is 4.99 Å². The Labute approximate surface area is 124 Å². The van der Waals surface area contributed by atoms with Gasteiger partial charge in [-0.15, -0.1) is 0 Å². The highest BCUT2D eigenvalue weighted by Crippen LogP contribution is 2.16. The van der Waals surface area contributed by atoms with E-state index in [1.165, 1.54) is 0 Å². The van der Waals surface area contributed by atoms with E-state index in [1.807, 2.05) is 18.2 Å². The lowest BCUT2D eigenvalue weighted by molar-refractivity contribution is 0.205. The van der Waals surface area contributed by atoms with E-state index >= 15 is 0 Å². The van der Waals surface area contributed by atoms with Crippen molar-refractivity contribution >= 4 is 17.6 Å². The number of pyridine rings is 1. The van der Waals surface area contributed by atoms with Gasteiger partial charge >= 0.3 is 0 Å². The summed E-state index contributed by atoms with van der Waals surface area (Å²) in [6.45, 7) is 5.84. The number of ether oxygens (including phenoxy) is 1. The van der Waals surface area contributed by atoms with E-state index in [1.54, 1.807) is 13.2 Å². The number of hydrogen-bond acceptors (Lipinski definition) is 3. The van der Waals surface area contributed by atoms with E-state index in [0.29, 0.717) is 17.5 Å². The molecule has 1 aliphatic heterocycles. The van der Waals surface area contributed by atoms with E-state index in [9.17, 15) is 0 Å². The minimum Gasteiger partial charge on any atom is -0.472 e. The van der Waals surface area contributed by atoms with Crippen molar-refractivity contribution < 1.29 is 4.74 Å². The zero-order valence-electron chi connectivity index (χ0n) is 11.6. The van der Waals surface area contributed by atoms with Crippen molar-refractivity contribution in [3.8, 4) is 5.88 Å². The second-order valence-corrected chi connectivity index (χ2v) is 5.10. The lowest BCUT2D eigenvalue weighted by Gasteiger charge is -2.21. The molecule has 0 spiro atoms. The molecule has 1 N–H and O–H groups in total. The van der Waals surface area contributed by atoms with Crippen LogP contribution in [0.15, 0.2) is 41.0 Å². The summed E-state index contributed by atoms with van der Waals surface area (Å²) in [5.74, 6) is 1.48. The molecule has 2 rings (SSSR count). The van der Waals surface area contributed by atoms with Gasteiger partial charge in [0.15, 0.2) is 5.96 Å². The van der Waals surface area contributed by atoms with Gasteiger partial charge in [-0.3, -0.25) is 4.99 Å². The number of likely N-dealkylation sites (tertiary alicyclic amines) is 1. The highest BCUT2D eigenvalue weighted by molar-refractivity contribution is 6.29. The highest BCUT2D eigenvalue weighted by atomic mass is 35.5. The fourth-order valence-electron chi connectivity index (χ4n) is 2.11. The molecule has 1 unspecified atom stereocenters. The summed E-state index contributed by atoms with van der Waals surface area (Å²) in [4.78, 5) is 10.6. The number of rotatable bonds is 4. The smallest absolute Gasteiger partial charge is 0.213 e. The molecule has 6 heteroatoms. The summed E-state index contributed by atoms with van der Waals surface area (Å²) in [5.41, 5.74) is 0. The fraction of sp³-hybridized carbons (Fsp3) is 0.429. The third-order valence-electron chi connectivity index (χ3n) is 3.02. The van der Waals surface area contributed by atoms with Crippen LogP contribution in [-0.4, -0.2) is 48.6 Å². The lowest BCUT2D eigenvalue weighted by atomic mass is 10.3. The fourth-order valence-corrected chi connectivity index (χ4v) is 2.18. The quantitative estimate of drug-likeness (QED) is 0.680. The van der Waals surface area contributed by atoms with Crippen LogP contribution in [0.25, 0.3) is 0 Å². The zero-order chi connectivity index (χ0) is 14.4. The Morgan fingerprint density at radius 1 is 1.65 bits per heavy atom. The van der Waals surface area contributed by atoms with Crippen LogP contribution in [0.1, 0.15) is 6.42 Å². The molecule has 1 aliphatic rings. The molecule has 1 aromatic rings. The second-order valence-electron chi connectivity index (χ2n) is 4.56. The first kappa shape index (κ1) is 14.7. The largest absolute Gasteiger partial charge is 0.472 e. The molecular weight excluding hydrogens is 276 g/mol. The molecule has 0 aromatic carbocycles. The Kier molecular flexibility index (Phi) is 5.24. The van der Waals surface area contributed by atoms with E-state index in [4.69, 9.17) is 16.3 Å². The molecule has 1 aromatic heterocycles. The number of halogens is 1. The minimum atomic E-state index is 0.127. The lowest BCUT2D eigenvalue weighted by Crippen LogP contribution is -2.41. The number of nitrogens with zero attached hydrogens (tertiary/aromatic N) is 3. The van der Waals surface area contributed by atoms with E-state index < -0.39 is 0 Å². The summed E-state index contributed by atoms with van der Waals surface area (Å²) in [6.07, 6.45) is 2.80. The topological polar surface area (TPSA) is 49.8 Å². The second kappa shape index (κ2) is 7.14. The van der Waals surface area contributed by atoms with Crippen LogP contribution in [-0.2, 0) is 0 Å². The van der Waals surface area contributed by atoms with Crippen molar-refractivity contribution in [2.45, 2.75) is 12.5 Å². The summed E-state index contributed by atoms with van der Waals surface area (Å²) < 4.78 is 5.85. The standard InChI is InChI=1S/C14H19ClN4O/c1-11(15)9-18-14(16-2)19-8-6-12(10-19)20-13-5-3-4-7-17-13/h3-5,7,12H,1,6,8-10H2,2H3,(H,16,18). The molecule has 1 atom stereocenters. The van der Waals surface area contributed by atoms with Crippen LogP contribution in [0.2, 0.25) is 0 Å². The number of guanidine groups is 1. The van der Waals surface area contributed by atoms with Crippen LogP contribution in [0.4, 0.5) is 0 Å². The maximum absolute atomic E-state index is 5.85. The van der Waals surface area contributed by atoms with Gasteiger partial charge in [0.2, 0.25) is 5.88 Å². The molecule has 5 nitrogen and oxygen atoms in total. The average molecular weight is 295 g/mol. The number of aromatic nitrogens is 1. The van der Waals surface area contributed by atoms with Gasteiger partial charge in [-0.05, 0) is 6.07 Å². The van der Waals surface area contributed by atoms with Crippen LogP contribution in [0.3, 0.4) is 0 Å². The molecule has 1 fully saturated rings. The summed E-state index contributed by atoms with van der Waals surface area (Å²) in [5, 5.41) is 3.73. The molecule has 2 heterocycles. The van der Waals surface area contributed by atoms with Gasteiger partial charge in [0.1, 0.15) is 6.10 Å². The van der Waals surface area contributed by atoms with Gasteiger partial charge in [0, 0.05) is 37.3 Å². The first-order valence-corrected chi connectivity index (χ1v) is 6.93. The number of nitrogens with one attached hydrogen (secondary N) is 1. The first-order chi connectivity index (χ1) is 9.69. The Balaban J connectivity index is 1.86. The van der Waals surface area contributed by atoms with Crippen molar-refractivity contribution in [3.05, 3.63) is 36.0 Å². The SMILES string of the molecule is C=C(Cl)CNC(=NC)N1CCC(Oc2ccccn2)C1. The van der Waals surface area contributed by atoms with E-state index in [0.717, 1.165) is 25.5 Å². The molecule has 20 heavy (non-hydrogen) atoms. The molecule has 0 bridgehead atoms. The first-order valence-electron chi connectivity index (χ1n) is 6.55. The van der Waals surface area contributed by atoms with E-state index in [2.05, 4.69) is 26.8 Å². The third-order valence-corrected chi connectivity index (χ3v) is 3.15. The third kappa shape index (κ3) is 4.13. The van der Waals surface area contributed by atoms with Crippen LogP contribution in [0.5, 0.6) is 5.88 Å². The highest BCUT2D eigenvalue weighted by Gasteiger charge is 2.26. The molecule has 0 radical (unpaired) electrons. The van der Waals surface area contributed by atoms with E-state index in [-0.39, 0.29) is 6.10 Å².